The van der Waals surface area contributed by atoms with Gasteiger partial charge in [0.2, 0.25) is 0 Å². The van der Waals surface area contributed by atoms with E-state index in [1.54, 1.807) is 0 Å². The van der Waals surface area contributed by atoms with Crippen LogP contribution in [-0.2, 0) is 18.6 Å². The normalized spacial score (nSPS) is 31.3. The summed E-state index contributed by atoms with van der Waals surface area (Å²) in [6.45, 7) is -2.39. The zero-order valence-electron chi connectivity index (χ0n) is 14.2. The third-order valence-corrected chi connectivity index (χ3v) is 3.96. The molecule has 168 valence electrons. The lowest BCUT2D eigenvalue weighted by atomic mass is 10.00. The highest BCUT2D eigenvalue weighted by Crippen LogP contribution is 2.40. The van der Waals surface area contributed by atoms with E-state index in [1.165, 1.54) is 0 Å². The highest BCUT2D eigenvalue weighted by molar-refractivity contribution is 7.46. The molecule has 28 heavy (non-hydrogen) atoms. The Balaban J connectivity index is 0.000000546. The molecule has 0 spiro atoms. The Hall–Kier alpha value is -0.620. The van der Waals surface area contributed by atoms with Crippen LogP contribution in [0, 0.1) is 0 Å². The highest BCUT2D eigenvalue weighted by atomic mass is 31.2. The quantitative estimate of drug-likeness (QED) is 0.157. The molecule has 1 fully saturated rings. The van der Waals surface area contributed by atoms with Gasteiger partial charge in [0.05, 0.1) is 13.2 Å². The number of ketones is 1. The van der Waals surface area contributed by atoms with Gasteiger partial charge in [-0.3, -0.25) is 9.32 Å². The second kappa shape index (κ2) is 12.2. The lowest BCUT2D eigenvalue weighted by Crippen LogP contribution is -2.58. The molecular weight excluding hydrogens is 415 g/mol. The van der Waals surface area contributed by atoms with Crippen LogP contribution in [-0.4, -0.2) is 130 Å². The van der Waals surface area contributed by atoms with E-state index in [4.69, 9.17) is 40.4 Å². The first-order valence-electron chi connectivity index (χ1n) is 7.63. The number of hydrogen-bond acceptors (Lipinski definition) is 13. The van der Waals surface area contributed by atoms with Crippen LogP contribution < -0.4 is 0 Å². The Morgan fingerprint density at radius 1 is 1.00 bits per heavy atom. The van der Waals surface area contributed by atoms with Crippen molar-refractivity contribution in [3.63, 3.8) is 0 Å². The summed E-state index contributed by atoms with van der Waals surface area (Å²) in [6, 6.07) is 0. The molecule has 15 nitrogen and oxygen atoms in total. The van der Waals surface area contributed by atoms with Crippen molar-refractivity contribution < 1.29 is 74.4 Å². The number of ether oxygens (including phenoxy) is 1. The Morgan fingerprint density at radius 2 is 1.54 bits per heavy atom. The maximum absolute atomic E-state index is 10.5. The molecule has 1 saturated heterocycles. The fourth-order valence-corrected chi connectivity index (χ4v) is 2.34. The van der Waals surface area contributed by atoms with E-state index < -0.39 is 82.4 Å². The molecular formula is C12H25O15P. The molecule has 0 aromatic heterocycles. The summed E-state index contributed by atoms with van der Waals surface area (Å²) in [5.41, 5.74) is 0. The van der Waals surface area contributed by atoms with Gasteiger partial charge in [-0.2, -0.15) is 0 Å². The molecule has 1 aliphatic rings. The third-order valence-electron chi connectivity index (χ3n) is 3.48. The van der Waals surface area contributed by atoms with Crippen LogP contribution in [0.3, 0.4) is 0 Å². The largest absolute Gasteiger partial charge is 0.472 e. The molecule has 1 rings (SSSR count). The van der Waals surface area contributed by atoms with Crippen LogP contribution >= 0.6 is 7.82 Å². The summed E-state index contributed by atoms with van der Waals surface area (Å²) in [7, 11) is -4.91. The van der Waals surface area contributed by atoms with Crippen LogP contribution in [0.25, 0.3) is 0 Å². The first-order valence-corrected chi connectivity index (χ1v) is 9.16. The molecule has 1 heterocycles. The number of Topliss-reactive ketones (excluding diaryl/α,β-unsaturated/α-hetero) is 1. The maximum Gasteiger partial charge on any atom is 0.472 e. The van der Waals surface area contributed by atoms with Crippen molar-refractivity contribution in [1.82, 2.24) is 0 Å². The fraction of sp³-hybridized carbons (Fsp3) is 0.917. The van der Waals surface area contributed by atoms with Crippen molar-refractivity contribution >= 4 is 13.6 Å². The van der Waals surface area contributed by atoms with Gasteiger partial charge in [0, 0.05) is 0 Å². The topological polar surface area (TPSA) is 275 Å². The van der Waals surface area contributed by atoms with Crippen molar-refractivity contribution in [2.24, 2.45) is 0 Å². The van der Waals surface area contributed by atoms with E-state index >= 15 is 0 Å². The van der Waals surface area contributed by atoms with Crippen LogP contribution in [0.1, 0.15) is 0 Å². The van der Waals surface area contributed by atoms with E-state index in [2.05, 4.69) is 9.26 Å². The van der Waals surface area contributed by atoms with Crippen molar-refractivity contribution in [3.8, 4) is 0 Å². The number of hydrogen-bond donors (Lipinski definition) is 11. The molecule has 0 amide bonds. The lowest BCUT2D eigenvalue weighted by Gasteiger charge is -2.39. The minimum absolute atomic E-state index is 0.702. The fourth-order valence-electron chi connectivity index (χ4n) is 1.89. The number of aliphatic hydroxyl groups is 9. The van der Waals surface area contributed by atoms with E-state index in [0.29, 0.717) is 0 Å². The number of aliphatic hydroxyl groups excluding tert-OH is 9. The van der Waals surface area contributed by atoms with Gasteiger partial charge in [0.15, 0.2) is 12.1 Å². The molecule has 0 aromatic carbocycles. The summed E-state index contributed by atoms with van der Waals surface area (Å²) in [5.74, 6) is -1.00. The van der Waals surface area contributed by atoms with Crippen molar-refractivity contribution in [2.45, 2.75) is 49.0 Å². The minimum atomic E-state index is -4.91. The summed E-state index contributed by atoms with van der Waals surface area (Å²) in [5, 5.41) is 79.7. The number of carbonyl (C=O) groups excluding carboxylic acids is 1. The number of carbonyl (C=O) groups is 1. The molecule has 0 aromatic rings. The highest BCUT2D eigenvalue weighted by Gasteiger charge is 2.46. The second-order valence-electron chi connectivity index (χ2n) is 5.60. The van der Waals surface area contributed by atoms with Gasteiger partial charge in [0.1, 0.15) is 49.3 Å². The molecule has 0 bridgehead atoms. The molecule has 0 radical (unpaired) electrons. The first kappa shape index (κ1) is 27.4. The Bertz CT molecular complexity index is 509. The zero-order chi connectivity index (χ0) is 22.2. The van der Waals surface area contributed by atoms with Gasteiger partial charge in [-0.15, -0.1) is 0 Å². The minimum Gasteiger partial charge on any atom is -0.394 e. The predicted molar refractivity (Wildman–Crippen MR) is 84.1 cm³/mol. The van der Waals surface area contributed by atoms with Crippen LogP contribution in [0.5, 0.6) is 0 Å². The van der Waals surface area contributed by atoms with Gasteiger partial charge >= 0.3 is 7.82 Å². The third kappa shape index (κ3) is 8.40. The van der Waals surface area contributed by atoms with Crippen molar-refractivity contribution in [2.75, 3.05) is 19.8 Å². The molecule has 0 saturated carbocycles. The Kier molecular flexibility index (Phi) is 11.9. The van der Waals surface area contributed by atoms with Gasteiger partial charge < -0.3 is 60.5 Å². The monoisotopic (exact) mass is 440 g/mol. The molecule has 11 N–H and O–H groups in total. The number of rotatable bonds is 8. The molecule has 8 atom stereocenters. The first-order chi connectivity index (χ1) is 12.8. The molecule has 1 aliphatic heterocycles. The van der Waals surface area contributed by atoms with Crippen LogP contribution in [0.4, 0.5) is 0 Å². The molecule has 3 unspecified atom stereocenters. The zero-order valence-corrected chi connectivity index (χ0v) is 15.1. The van der Waals surface area contributed by atoms with E-state index in [-0.39, 0.29) is 0 Å². The Morgan fingerprint density at radius 3 is 1.93 bits per heavy atom. The Labute approximate surface area is 157 Å². The smallest absolute Gasteiger partial charge is 0.394 e. The van der Waals surface area contributed by atoms with Crippen LogP contribution in [0.2, 0.25) is 0 Å². The van der Waals surface area contributed by atoms with Crippen molar-refractivity contribution in [1.29, 1.82) is 0 Å². The van der Waals surface area contributed by atoms with Gasteiger partial charge in [-0.05, 0) is 0 Å². The number of phosphoric acid groups is 1. The maximum atomic E-state index is 10.5. The summed E-state index contributed by atoms with van der Waals surface area (Å²) < 4.78 is 19.2. The summed E-state index contributed by atoms with van der Waals surface area (Å²) in [4.78, 5) is 27.5. The molecule has 16 heteroatoms. The second-order valence-corrected chi connectivity index (χ2v) is 6.80. The number of phosphoric ester groups is 1. The van der Waals surface area contributed by atoms with Gasteiger partial charge in [-0.1, -0.05) is 0 Å². The van der Waals surface area contributed by atoms with Gasteiger partial charge in [0.25, 0.3) is 0 Å². The summed E-state index contributed by atoms with van der Waals surface area (Å²) in [6.07, 6.45) is -13.5. The SMILES string of the molecule is O=C(CO)C(O)C(O)C(O)CO.O=P(O)(O)O[C@H]1O[C@H](CO)[C@@H](O)[C@H](O)[C@H]1O. The lowest BCUT2D eigenvalue weighted by molar-refractivity contribution is -0.280. The average Bonchev–Trinajstić information content (AvgIpc) is 2.65. The average molecular weight is 440 g/mol. The van der Waals surface area contributed by atoms with Crippen molar-refractivity contribution in [3.05, 3.63) is 0 Å². The standard InChI is InChI=1S/C6H13O9P.C6H12O6/c7-1-2-3(8)4(9)5(10)6(14-2)15-16(11,12)13;7-1-3(9)5(11)6(12)4(10)2-8/h2-10H,1H2,(H2,11,12,13);3,5-9,11-12H,1-2H2/t2-,3-,4+,5-,6-;/m1./s1. The summed E-state index contributed by atoms with van der Waals surface area (Å²) >= 11 is 0. The van der Waals surface area contributed by atoms with E-state index in [0.717, 1.165) is 0 Å². The van der Waals surface area contributed by atoms with Gasteiger partial charge in [-0.25, -0.2) is 4.57 Å². The van der Waals surface area contributed by atoms with E-state index in [1.807, 2.05) is 0 Å². The predicted octanol–water partition coefficient (Wildman–Crippen LogP) is -6.48. The molecule has 0 aliphatic carbocycles. The van der Waals surface area contributed by atoms with Crippen LogP contribution in [0.15, 0.2) is 0 Å². The van der Waals surface area contributed by atoms with E-state index in [9.17, 15) is 24.7 Å².